The highest BCUT2D eigenvalue weighted by atomic mass is 16.3. The number of primary amides is 1. The summed E-state index contributed by atoms with van der Waals surface area (Å²) in [5.41, 5.74) is 11.3. The molecule has 0 spiro atoms. The van der Waals surface area contributed by atoms with Crippen molar-refractivity contribution in [2.45, 2.75) is 19.4 Å². The van der Waals surface area contributed by atoms with E-state index in [-0.39, 0.29) is 6.54 Å². The lowest BCUT2D eigenvalue weighted by Crippen LogP contribution is -2.34. The Morgan fingerprint density at radius 1 is 1.62 bits per heavy atom. The Kier molecular flexibility index (Phi) is 4.01. The van der Waals surface area contributed by atoms with Gasteiger partial charge in [-0.1, -0.05) is 6.92 Å². The van der Waals surface area contributed by atoms with Gasteiger partial charge < -0.3 is 21.9 Å². The van der Waals surface area contributed by atoms with Gasteiger partial charge in [0.25, 0.3) is 0 Å². The lowest BCUT2D eigenvalue weighted by atomic mass is 10.2. The molecule has 0 aromatic carbocycles. The van der Waals surface area contributed by atoms with Crippen LogP contribution in [0.2, 0.25) is 0 Å². The zero-order valence-electron chi connectivity index (χ0n) is 8.97. The number of amides is 1. The van der Waals surface area contributed by atoms with Gasteiger partial charge in [-0.15, -0.1) is 0 Å². The van der Waals surface area contributed by atoms with Crippen LogP contribution >= 0.6 is 0 Å². The predicted octanol–water partition coefficient (Wildman–Crippen LogP) is -1.12. The summed E-state index contributed by atoms with van der Waals surface area (Å²) in [6.07, 6.45) is 0.718. The highest BCUT2D eigenvalue weighted by Crippen LogP contribution is 2.17. The van der Waals surface area contributed by atoms with Gasteiger partial charge in [0.2, 0.25) is 5.91 Å². The minimum atomic E-state index is -1.25. The molecule has 7 heteroatoms. The largest absolute Gasteiger partial charge is 0.383 e. The number of nitrogens with two attached hydrogens (primary N) is 2. The number of carbonyl (C=O) groups excluding carboxylic acids is 1. The van der Waals surface area contributed by atoms with Crippen molar-refractivity contribution < 1.29 is 9.90 Å². The number of aromatic nitrogens is 2. The van der Waals surface area contributed by atoms with Crippen molar-refractivity contribution in [3.05, 3.63) is 11.9 Å². The van der Waals surface area contributed by atoms with Gasteiger partial charge in [0, 0.05) is 5.56 Å². The molecule has 0 saturated carbocycles. The van der Waals surface area contributed by atoms with Crippen LogP contribution in [0.3, 0.4) is 0 Å². The minimum Gasteiger partial charge on any atom is -0.383 e. The normalized spacial score (nSPS) is 12.1. The van der Waals surface area contributed by atoms with Crippen LogP contribution in [-0.4, -0.2) is 33.6 Å². The SMILES string of the molecule is CCc1c(N)ncnc1NCC(O)C(N)=O. The van der Waals surface area contributed by atoms with Gasteiger partial charge in [0.1, 0.15) is 24.1 Å². The number of nitrogens with one attached hydrogen (secondary N) is 1. The van der Waals surface area contributed by atoms with Gasteiger partial charge in [-0.2, -0.15) is 0 Å². The molecule has 6 N–H and O–H groups in total. The molecule has 1 aromatic heterocycles. The van der Waals surface area contributed by atoms with E-state index < -0.39 is 12.0 Å². The first-order valence-electron chi connectivity index (χ1n) is 4.86. The number of hydrogen-bond acceptors (Lipinski definition) is 6. The van der Waals surface area contributed by atoms with Crippen LogP contribution in [-0.2, 0) is 11.2 Å². The molecule has 1 aromatic rings. The fraction of sp³-hybridized carbons (Fsp3) is 0.444. The second-order valence-electron chi connectivity index (χ2n) is 3.24. The van der Waals surface area contributed by atoms with E-state index in [0.717, 1.165) is 5.56 Å². The summed E-state index contributed by atoms with van der Waals surface area (Å²) in [6, 6.07) is 0. The maximum absolute atomic E-state index is 10.6. The third-order valence-corrected chi connectivity index (χ3v) is 2.12. The Morgan fingerprint density at radius 3 is 2.88 bits per heavy atom. The van der Waals surface area contributed by atoms with Crippen LogP contribution in [0.5, 0.6) is 0 Å². The van der Waals surface area contributed by atoms with Crippen LogP contribution in [0.15, 0.2) is 6.33 Å². The number of rotatable bonds is 5. The molecular formula is C9H15N5O2. The number of carbonyl (C=O) groups is 1. The summed E-state index contributed by atoms with van der Waals surface area (Å²) in [5.74, 6) is 0.108. The number of nitrogen functional groups attached to an aromatic ring is 1. The lowest BCUT2D eigenvalue weighted by molar-refractivity contribution is -0.125. The molecule has 1 atom stereocenters. The zero-order valence-corrected chi connectivity index (χ0v) is 8.97. The average Bonchev–Trinajstić information content (AvgIpc) is 2.25. The third kappa shape index (κ3) is 2.80. The zero-order chi connectivity index (χ0) is 12.1. The minimum absolute atomic E-state index is 0.00120. The van der Waals surface area contributed by atoms with Gasteiger partial charge >= 0.3 is 0 Å². The summed E-state index contributed by atoms with van der Waals surface area (Å²) in [4.78, 5) is 18.4. The van der Waals surface area contributed by atoms with E-state index in [2.05, 4.69) is 15.3 Å². The standard InChI is InChI=1S/C9H15N5O2/c1-2-5-7(10)13-4-14-9(5)12-3-6(15)8(11)16/h4,6,15H,2-3H2,1H3,(H2,11,16)(H3,10,12,13,14). The number of anilines is 2. The predicted molar refractivity (Wildman–Crippen MR) is 59.5 cm³/mol. The van der Waals surface area contributed by atoms with Crippen molar-refractivity contribution in [2.24, 2.45) is 5.73 Å². The highest BCUT2D eigenvalue weighted by Gasteiger charge is 2.12. The fourth-order valence-electron chi connectivity index (χ4n) is 1.22. The summed E-state index contributed by atoms with van der Waals surface area (Å²) in [5, 5.41) is 12.0. The van der Waals surface area contributed by atoms with E-state index in [9.17, 15) is 9.90 Å². The van der Waals surface area contributed by atoms with Crippen molar-refractivity contribution >= 4 is 17.5 Å². The maximum Gasteiger partial charge on any atom is 0.248 e. The first kappa shape index (κ1) is 12.2. The molecule has 1 heterocycles. The number of hydrogen-bond donors (Lipinski definition) is 4. The van der Waals surface area contributed by atoms with E-state index in [1.54, 1.807) is 0 Å². The molecule has 0 fully saturated rings. The quantitative estimate of drug-likeness (QED) is 0.502. The Bertz CT molecular complexity index is 382. The molecule has 1 amide bonds. The van der Waals surface area contributed by atoms with Crippen LogP contribution < -0.4 is 16.8 Å². The maximum atomic E-state index is 10.6. The second-order valence-corrected chi connectivity index (χ2v) is 3.24. The van der Waals surface area contributed by atoms with E-state index in [4.69, 9.17) is 11.5 Å². The van der Waals surface area contributed by atoms with Gasteiger partial charge in [0.15, 0.2) is 0 Å². The van der Waals surface area contributed by atoms with Crippen molar-refractivity contribution in [1.29, 1.82) is 0 Å². The monoisotopic (exact) mass is 225 g/mol. The van der Waals surface area contributed by atoms with Gasteiger partial charge in [-0.25, -0.2) is 9.97 Å². The highest BCUT2D eigenvalue weighted by molar-refractivity contribution is 5.79. The molecule has 0 bridgehead atoms. The smallest absolute Gasteiger partial charge is 0.248 e. The summed E-state index contributed by atoms with van der Waals surface area (Å²) in [6.45, 7) is 1.91. The molecule has 1 unspecified atom stereocenters. The van der Waals surface area contributed by atoms with E-state index >= 15 is 0 Å². The number of aliphatic hydroxyl groups is 1. The van der Waals surface area contributed by atoms with Gasteiger partial charge in [0.05, 0.1) is 6.54 Å². The summed E-state index contributed by atoms with van der Waals surface area (Å²) >= 11 is 0. The molecule has 16 heavy (non-hydrogen) atoms. The first-order valence-corrected chi connectivity index (χ1v) is 4.86. The third-order valence-electron chi connectivity index (χ3n) is 2.12. The van der Waals surface area contributed by atoms with E-state index in [1.807, 2.05) is 6.92 Å². The molecule has 1 rings (SSSR count). The Balaban J connectivity index is 2.74. The van der Waals surface area contributed by atoms with Crippen LogP contribution in [0, 0.1) is 0 Å². The molecule has 0 aliphatic carbocycles. The van der Waals surface area contributed by atoms with E-state index in [1.165, 1.54) is 6.33 Å². The fourth-order valence-corrected chi connectivity index (χ4v) is 1.22. The lowest BCUT2D eigenvalue weighted by Gasteiger charge is -2.12. The van der Waals surface area contributed by atoms with Gasteiger partial charge in [-0.3, -0.25) is 4.79 Å². The summed E-state index contributed by atoms with van der Waals surface area (Å²) < 4.78 is 0. The first-order chi connectivity index (χ1) is 7.56. The molecule has 88 valence electrons. The number of nitrogens with zero attached hydrogens (tertiary/aromatic N) is 2. The van der Waals surface area contributed by atoms with Crippen LogP contribution in [0.4, 0.5) is 11.6 Å². The number of aliphatic hydroxyl groups excluding tert-OH is 1. The second kappa shape index (κ2) is 5.26. The van der Waals surface area contributed by atoms with Crippen LogP contribution in [0.25, 0.3) is 0 Å². The molecule has 0 radical (unpaired) electrons. The Labute approximate surface area is 92.9 Å². The topological polar surface area (TPSA) is 127 Å². The molecule has 0 aliphatic rings. The van der Waals surface area contributed by atoms with Crippen molar-refractivity contribution in [3.8, 4) is 0 Å². The van der Waals surface area contributed by atoms with Crippen LogP contribution in [0.1, 0.15) is 12.5 Å². The van der Waals surface area contributed by atoms with Crippen molar-refractivity contribution in [3.63, 3.8) is 0 Å². The molecule has 7 nitrogen and oxygen atoms in total. The van der Waals surface area contributed by atoms with Crippen molar-refractivity contribution in [1.82, 2.24) is 9.97 Å². The molecule has 0 saturated heterocycles. The molecular weight excluding hydrogens is 210 g/mol. The Hall–Kier alpha value is -1.89. The molecule has 0 aliphatic heterocycles. The van der Waals surface area contributed by atoms with E-state index in [0.29, 0.717) is 18.1 Å². The van der Waals surface area contributed by atoms with Crippen molar-refractivity contribution in [2.75, 3.05) is 17.6 Å². The summed E-state index contributed by atoms with van der Waals surface area (Å²) in [7, 11) is 0. The van der Waals surface area contributed by atoms with Gasteiger partial charge in [-0.05, 0) is 6.42 Å². The Morgan fingerprint density at radius 2 is 2.31 bits per heavy atom. The average molecular weight is 225 g/mol.